The first-order valence-electron chi connectivity index (χ1n) is 7.82. The summed E-state index contributed by atoms with van der Waals surface area (Å²) in [7, 11) is 1.54. The normalized spacial score (nSPS) is 15.3. The third kappa shape index (κ3) is 2.81. The Kier molecular flexibility index (Phi) is 4.09. The van der Waals surface area contributed by atoms with Crippen LogP contribution in [-0.2, 0) is 0 Å². The largest absolute Gasteiger partial charge is 0.495 e. The first-order chi connectivity index (χ1) is 12.5. The van der Waals surface area contributed by atoms with Gasteiger partial charge in [0.25, 0.3) is 0 Å². The molecule has 134 valence electrons. The van der Waals surface area contributed by atoms with Gasteiger partial charge in [-0.25, -0.2) is 0 Å². The predicted molar refractivity (Wildman–Crippen MR) is 103 cm³/mol. The Morgan fingerprint density at radius 1 is 1.12 bits per heavy atom. The van der Waals surface area contributed by atoms with Crippen LogP contribution in [0.3, 0.4) is 0 Å². The van der Waals surface area contributed by atoms with E-state index in [-0.39, 0.29) is 6.29 Å². The predicted octanol–water partition coefficient (Wildman–Crippen LogP) is 4.99. The highest BCUT2D eigenvalue weighted by Crippen LogP contribution is 2.43. The molecular weight excluding hydrogens is 377 g/mol. The maximum atomic E-state index is 6.32. The lowest BCUT2D eigenvalue weighted by atomic mass is 10.1. The zero-order chi connectivity index (χ0) is 18.4. The maximum absolute atomic E-state index is 6.32. The number of hydrogen-bond donors (Lipinski definition) is 2. The first kappa shape index (κ1) is 16.9. The van der Waals surface area contributed by atoms with Crippen molar-refractivity contribution in [1.82, 2.24) is 4.98 Å². The monoisotopic (exact) mass is 391 g/mol. The van der Waals surface area contributed by atoms with Crippen LogP contribution in [0.5, 0.6) is 17.2 Å². The average Bonchev–Trinajstić information content (AvgIpc) is 2.96. The van der Waals surface area contributed by atoms with Gasteiger partial charge in [0.05, 0.1) is 45.9 Å². The Morgan fingerprint density at radius 3 is 2.58 bits per heavy atom. The fourth-order valence-electron chi connectivity index (χ4n) is 2.84. The lowest BCUT2D eigenvalue weighted by Crippen LogP contribution is -2.11. The summed E-state index contributed by atoms with van der Waals surface area (Å²) in [4.78, 5) is 4.38. The number of nitrogens with two attached hydrogens (primary N) is 1. The topological polar surface area (TPSA) is 78.6 Å². The number of nitrogen functional groups attached to an aromatic ring is 1. The van der Waals surface area contributed by atoms with Crippen molar-refractivity contribution in [3.8, 4) is 17.2 Å². The molecule has 0 amide bonds. The van der Waals surface area contributed by atoms with Crippen molar-refractivity contribution >= 4 is 51.2 Å². The second-order valence-electron chi connectivity index (χ2n) is 5.80. The molecule has 26 heavy (non-hydrogen) atoms. The van der Waals surface area contributed by atoms with Gasteiger partial charge in [0, 0.05) is 24.4 Å². The lowest BCUT2D eigenvalue weighted by Gasteiger charge is -2.15. The molecule has 6 nitrogen and oxygen atoms in total. The minimum atomic E-state index is -0.342. The van der Waals surface area contributed by atoms with Gasteiger partial charge in [-0.15, -0.1) is 0 Å². The molecule has 1 aliphatic heterocycles. The van der Waals surface area contributed by atoms with E-state index >= 15 is 0 Å². The van der Waals surface area contributed by atoms with E-state index in [0.717, 1.165) is 10.9 Å². The van der Waals surface area contributed by atoms with E-state index in [4.69, 9.17) is 43.1 Å². The number of ether oxygens (including phenoxy) is 3. The molecule has 1 atom stereocenters. The smallest absolute Gasteiger partial charge is 0.238 e. The molecular formula is C18H15Cl2N3O3. The molecule has 2 aromatic carbocycles. The molecule has 0 saturated heterocycles. The van der Waals surface area contributed by atoms with Gasteiger partial charge in [-0.1, -0.05) is 23.2 Å². The molecule has 1 aliphatic rings. The molecule has 0 bridgehead atoms. The lowest BCUT2D eigenvalue weighted by molar-refractivity contribution is 0.0679. The number of nitrogens with one attached hydrogen (secondary N) is 1. The van der Waals surface area contributed by atoms with Crippen LogP contribution in [0.15, 0.2) is 30.5 Å². The van der Waals surface area contributed by atoms with Crippen molar-refractivity contribution in [2.24, 2.45) is 0 Å². The van der Waals surface area contributed by atoms with E-state index in [0.29, 0.717) is 44.4 Å². The number of hydrogen-bond acceptors (Lipinski definition) is 6. The summed E-state index contributed by atoms with van der Waals surface area (Å²) in [6.07, 6.45) is 1.24. The standard InChI is InChI=1S/C18H15Cl2N3O3/c1-8-25-16-3-9-13(5-17(16)26-8)22-7-12(21)18(9)23-14-6-15(24-2)11(20)4-10(14)19/h3-8H,21H2,1-2H3,(H,22,23). The van der Waals surface area contributed by atoms with Crippen LogP contribution in [0.4, 0.5) is 17.1 Å². The molecule has 4 rings (SSSR count). The highest BCUT2D eigenvalue weighted by atomic mass is 35.5. The average molecular weight is 392 g/mol. The summed E-state index contributed by atoms with van der Waals surface area (Å²) >= 11 is 12.4. The summed E-state index contributed by atoms with van der Waals surface area (Å²) in [6, 6.07) is 7.00. The summed E-state index contributed by atoms with van der Waals surface area (Å²) in [5, 5.41) is 4.90. The van der Waals surface area contributed by atoms with E-state index in [9.17, 15) is 0 Å². The molecule has 1 unspecified atom stereocenters. The van der Waals surface area contributed by atoms with Crippen molar-refractivity contribution in [3.63, 3.8) is 0 Å². The minimum Gasteiger partial charge on any atom is -0.495 e. The van der Waals surface area contributed by atoms with Gasteiger partial charge in [0.1, 0.15) is 5.75 Å². The molecule has 0 spiro atoms. The van der Waals surface area contributed by atoms with Crippen molar-refractivity contribution < 1.29 is 14.2 Å². The van der Waals surface area contributed by atoms with Crippen molar-refractivity contribution in [2.75, 3.05) is 18.2 Å². The van der Waals surface area contributed by atoms with Gasteiger partial charge in [-0.05, 0) is 12.1 Å². The first-order valence-corrected chi connectivity index (χ1v) is 8.57. The maximum Gasteiger partial charge on any atom is 0.238 e. The number of fused-ring (bicyclic) bond motifs is 2. The van der Waals surface area contributed by atoms with E-state index in [1.807, 2.05) is 19.1 Å². The van der Waals surface area contributed by atoms with Gasteiger partial charge in [-0.3, -0.25) is 4.98 Å². The van der Waals surface area contributed by atoms with Crippen LogP contribution in [0.2, 0.25) is 10.0 Å². The molecule has 3 aromatic rings. The Morgan fingerprint density at radius 2 is 1.85 bits per heavy atom. The number of benzene rings is 2. The second-order valence-corrected chi connectivity index (χ2v) is 6.61. The third-order valence-corrected chi connectivity index (χ3v) is 4.66. The fraction of sp³-hybridized carbons (Fsp3) is 0.167. The van der Waals surface area contributed by atoms with Crippen LogP contribution in [0.25, 0.3) is 10.9 Å². The quantitative estimate of drug-likeness (QED) is 0.654. The number of pyridine rings is 1. The Balaban J connectivity index is 1.84. The number of aromatic nitrogens is 1. The van der Waals surface area contributed by atoms with Gasteiger partial charge in [0.15, 0.2) is 11.5 Å². The Bertz CT molecular complexity index is 1030. The van der Waals surface area contributed by atoms with E-state index in [1.165, 1.54) is 7.11 Å². The fourth-order valence-corrected chi connectivity index (χ4v) is 3.34. The van der Waals surface area contributed by atoms with Crippen molar-refractivity contribution in [3.05, 3.63) is 40.5 Å². The van der Waals surface area contributed by atoms with Crippen LogP contribution in [0.1, 0.15) is 6.92 Å². The number of halogens is 2. The SMILES string of the molecule is COc1cc(Nc2c(N)cnc3cc4c(cc23)OC(C)O4)c(Cl)cc1Cl. The van der Waals surface area contributed by atoms with Crippen LogP contribution in [-0.4, -0.2) is 18.4 Å². The van der Waals surface area contributed by atoms with Crippen molar-refractivity contribution in [2.45, 2.75) is 13.2 Å². The van der Waals surface area contributed by atoms with Crippen LogP contribution in [0, 0.1) is 0 Å². The minimum absolute atomic E-state index is 0.342. The molecule has 3 N–H and O–H groups in total. The molecule has 8 heteroatoms. The molecule has 0 saturated carbocycles. The molecule has 0 aliphatic carbocycles. The zero-order valence-corrected chi connectivity index (χ0v) is 15.5. The van der Waals surface area contributed by atoms with E-state index in [1.54, 1.807) is 18.3 Å². The van der Waals surface area contributed by atoms with Gasteiger partial charge in [0.2, 0.25) is 6.29 Å². The number of anilines is 3. The Hall–Kier alpha value is -2.57. The summed E-state index contributed by atoms with van der Waals surface area (Å²) in [6.45, 7) is 1.82. The number of rotatable bonds is 3. The number of nitrogens with zero attached hydrogens (tertiary/aromatic N) is 1. The highest BCUT2D eigenvalue weighted by Gasteiger charge is 2.22. The summed E-state index contributed by atoms with van der Waals surface area (Å²) in [5.74, 6) is 1.79. The molecule has 1 aromatic heterocycles. The summed E-state index contributed by atoms with van der Waals surface area (Å²) < 4.78 is 16.5. The number of methoxy groups -OCH3 is 1. The molecule has 0 radical (unpaired) electrons. The van der Waals surface area contributed by atoms with E-state index < -0.39 is 0 Å². The van der Waals surface area contributed by atoms with Crippen LogP contribution < -0.4 is 25.3 Å². The second kappa shape index (κ2) is 6.30. The van der Waals surface area contributed by atoms with Crippen LogP contribution >= 0.6 is 23.2 Å². The third-order valence-electron chi connectivity index (χ3n) is 4.05. The molecule has 2 heterocycles. The van der Waals surface area contributed by atoms with Gasteiger partial charge in [-0.2, -0.15) is 0 Å². The molecule has 0 fully saturated rings. The summed E-state index contributed by atoms with van der Waals surface area (Å²) in [5.41, 5.74) is 8.61. The van der Waals surface area contributed by atoms with Crippen molar-refractivity contribution in [1.29, 1.82) is 0 Å². The zero-order valence-electron chi connectivity index (χ0n) is 14.0. The highest BCUT2D eigenvalue weighted by molar-refractivity contribution is 6.37. The van der Waals surface area contributed by atoms with Gasteiger partial charge >= 0.3 is 0 Å². The Labute approximate surface area is 159 Å². The van der Waals surface area contributed by atoms with E-state index in [2.05, 4.69) is 10.3 Å². The van der Waals surface area contributed by atoms with Gasteiger partial charge < -0.3 is 25.3 Å².